The van der Waals surface area contributed by atoms with E-state index in [1.54, 1.807) is 36.4 Å². The minimum absolute atomic E-state index is 0.0821. The summed E-state index contributed by atoms with van der Waals surface area (Å²) in [5.74, 6) is -2.88. The molecule has 1 saturated carbocycles. The van der Waals surface area contributed by atoms with Gasteiger partial charge in [-0.2, -0.15) is 0 Å². The molecule has 4 unspecified atom stereocenters. The first-order valence-corrected chi connectivity index (χ1v) is 20.3. The number of imide groups is 2. The maximum Gasteiger partial charge on any atom is 0.238 e. The first-order chi connectivity index (χ1) is 27.2. The van der Waals surface area contributed by atoms with Crippen LogP contribution in [0.5, 0.6) is 17.2 Å². The Kier molecular flexibility index (Phi) is 13.8. The summed E-state index contributed by atoms with van der Waals surface area (Å²) in [6, 6.07) is 20.0. The Morgan fingerprint density at radius 2 is 1.07 bits per heavy atom. The van der Waals surface area contributed by atoms with Gasteiger partial charge in [0.2, 0.25) is 23.6 Å². The van der Waals surface area contributed by atoms with E-state index in [1.807, 2.05) is 49.4 Å². The van der Waals surface area contributed by atoms with Gasteiger partial charge in [0.25, 0.3) is 0 Å². The molecule has 3 aromatic carbocycles. The van der Waals surface area contributed by atoms with Gasteiger partial charge in [-0.1, -0.05) is 82.9 Å². The maximum absolute atomic E-state index is 13.3. The van der Waals surface area contributed by atoms with Crippen molar-refractivity contribution in [2.45, 2.75) is 84.5 Å². The van der Waals surface area contributed by atoms with E-state index in [0.29, 0.717) is 49.0 Å². The number of ether oxygens (including phenoxy) is 3. The summed E-state index contributed by atoms with van der Waals surface area (Å²) >= 11 is 0. The van der Waals surface area contributed by atoms with Crippen LogP contribution < -0.4 is 19.1 Å². The number of hydrogen-bond donors (Lipinski definition) is 0. The van der Waals surface area contributed by atoms with Crippen LogP contribution in [0.2, 0.25) is 0 Å². The van der Waals surface area contributed by atoms with E-state index in [0.717, 1.165) is 33.1 Å². The lowest BCUT2D eigenvalue weighted by molar-refractivity contribution is -0.146. The number of allylic oxidation sites excluding steroid dienone is 1. The summed E-state index contributed by atoms with van der Waals surface area (Å²) in [6.07, 6.45) is 16.8. The highest BCUT2D eigenvalue weighted by Gasteiger charge is 2.73. The molecule has 3 aliphatic rings. The molecule has 0 radical (unpaired) electrons. The summed E-state index contributed by atoms with van der Waals surface area (Å²) in [5, 5.41) is 0. The third-order valence-electron chi connectivity index (χ3n) is 11.1. The van der Waals surface area contributed by atoms with Gasteiger partial charge in [-0.05, 0) is 79.1 Å². The molecule has 10 heteroatoms. The SMILES string of the molecule is CCCCCCCCCCCCOc1ccc(C(=O)/C=C/c2ccc(OCCCOc3cc(C)cc(N4C(=O)C5C6C(=O)N(C)C(=O)C6C5C4=O)c3)cc2)cc1. The molecule has 3 fully saturated rings. The molecule has 0 N–H and O–H groups in total. The fourth-order valence-corrected chi connectivity index (χ4v) is 8.01. The van der Waals surface area contributed by atoms with E-state index in [2.05, 4.69) is 6.92 Å². The topological polar surface area (TPSA) is 120 Å². The number of hydrogen-bond acceptors (Lipinski definition) is 8. The third kappa shape index (κ3) is 9.40. The lowest BCUT2D eigenvalue weighted by Crippen LogP contribution is -2.50. The quantitative estimate of drug-likeness (QED) is 0.0434. The third-order valence-corrected chi connectivity index (χ3v) is 11.1. The van der Waals surface area contributed by atoms with E-state index in [-0.39, 0.29) is 5.78 Å². The molecule has 10 nitrogen and oxygen atoms in total. The smallest absolute Gasteiger partial charge is 0.238 e. The number of carbonyl (C=O) groups is 5. The Morgan fingerprint density at radius 1 is 0.589 bits per heavy atom. The zero-order valence-corrected chi connectivity index (χ0v) is 32.9. The molecule has 56 heavy (non-hydrogen) atoms. The van der Waals surface area contributed by atoms with Crippen LogP contribution in [0, 0.1) is 30.6 Å². The number of amides is 4. The van der Waals surface area contributed by atoms with Gasteiger partial charge >= 0.3 is 0 Å². The van der Waals surface area contributed by atoms with Crippen LogP contribution in [-0.2, 0) is 19.2 Å². The van der Waals surface area contributed by atoms with Crippen LogP contribution >= 0.6 is 0 Å². The highest BCUT2D eigenvalue weighted by molar-refractivity contribution is 6.27. The Balaban J connectivity index is 0.875. The van der Waals surface area contributed by atoms with E-state index >= 15 is 0 Å². The Bertz CT molecular complexity index is 1860. The van der Waals surface area contributed by atoms with Crippen LogP contribution in [0.15, 0.2) is 72.8 Å². The molecule has 296 valence electrons. The van der Waals surface area contributed by atoms with Gasteiger partial charge in [0.05, 0.1) is 49.2 Å². The zero-order valence-electron chi connectivity index (χ0n) is 32.9. The second-order valence-corrected chi connectivity index (χ2v) is 15.2. The first-order valence-electron chi connectivity index (χ1n) is 20.3. The first kappa shape index (κ1) is 40.4. The van der Waals surface area contributed by atoms with Crippen molar-refractivity contribution in [1.82, 2.24) is 4.90 Å². The maximum atomic E-state index is 13.3. The number of anilines is 1. The van der Waals surface area contributed by atoms with Crippen molar-refractivity contribution in [1.29, 1.82) is 0 Å². The Hall–Kier alpha value is -5.25. The van der Waals surface area contributed by atoms with Crippen molar-refractivity contribution in [2.75, 3.05) is 31.8 Å². The summed E-state index contributed by atoms with van der Waals surface area (Å²) in [5.41, 5.74) is 2.65. The lowest BCUT2D eigenvalue weighted by atomic mass is 9.59. The van der Waals surface area contributed by atoms with Crippen molar-refractivity contribution < 1.29 is 38.2 Å². The van der Waals surface area contributed by atoms with Crippen LogP contribution in [-0.4, -0.2) is 61.2 Å². The number of carbonyl (C=O) groups excluding carboxylic acids is 5. The molecule has 0 bridgehead atoms. The molecule has 1 aliphatic carbocycles. The molecule has 2 aliphatic heterocycles. The molecule has 3 aromatic rings. The molecular weight excluding hydrogens is 709 g/mol. The standard InChI is InChI=1S/C46H54N2O8/c1-4-5-6-7-8-9-10-11-12-13-25-54-36-22-18-33(19-23-36)38(49)24-17-32-15-20-35(21-16-32)55-26-14-27-56-37-29-31(2)28-34(30-37)48-45(52)41-39-40(42(41)46(48)53)44(51)47(3)43(39)50/h15-24,28-30,39-42H,4-14,25-27H2,1-3H3/b24-17+. The second kappa shape index (κ2) is 19.1. The fraction of sp³-hybridized carbons (Fsp3) is 0.457. The van der Waals surface area contributed by atoms with Crippen LogP contribution in [0.25, 0.3) is 6.08 Å². The van der Waals surface area contributed by atoms with E-state index in [9.17, 15) is 24.0 Å². The monoisotopic (exact) mass is 762 g/mol. The average Bonchev–Trinajstić information content (AvgIpc) is 3.50. The number of likely N-dealkylation sites (tertiary alicyclic amines) is 1. The number of aryl methyl sites for hydroxylation is 1. The van der Waals surface area contributed by atoms with Crippen LogP contribution in [0.1, 0.15) is 99.0 Å². The van der Waals surface area contributed by atoms with Gasteiger partial charge < -0.3 is 14.2 Å². The molecule has 0 spiro atoms. The number of rotatable bonds is 22. The molecule has 4 amide bonds. The summed E-state index contributed by atoms with van der Waals surface area (Å²) < 4.78 is 17.7. The van der Waals surface area contributed by atoms with Crippen LogP contribution in [0.3, 0.4) is 0 Å². The van der Waals surface area contributed by atoms with Gasteiger partial charge in [0.1, 0.15) is 17.2 Å². The van der Waals surface area contributed by atoms with Crippen molar-refractivity contribution in [2.24, 2.45) is 23.7 Å². The average molecular weight is 763 g/mol. The minimum Gasteiger partial charge on any atom is -0.494 e. The predicted octanol–water partition coefficient (Wildman–Crippen LogP) is 8.39. The van der Waals surface area contributed by atoms with Gasteiger partial charge in [-0.25, -0.2) is 4.90 Å². The van der Waals surface area contributed by atoms with Crippen molar-refractivity contribution in [3.05, 3.63) is 89.5 Å². The van der Waals surface area contributed by atoms with Gasteiger partial charge in [0, 0.05) is 25.1 Å². The van der Waals surface area contributed by atoms with Crippen LogP contribution in [0.4, 0.5) is 5.69 Å². The van der Waals surface area contributed by atoms with Gasteiger partial charge in [-0.3, -0.25) is 28.9 Å². The normalized spacial score (nSPS) is 20.1. The Labute approximate surface area is 330 Å². The van der Waals surface area contributed by atoms with Gasteiger partial charge in [0.15, 0.2) is 5.78 Å². The summed E-state index contributed by atoms with van der Waals surface area (Å²) in [7, 11) is 1.40. The number of nitrogens with zero attached hydrogens (tertiary/aromatic N) is 2. The van der Waals surface area contributed by atoms with Crippen molar-refractivity contribution in [3.8, 4) is 17.2 Å². The number of benzene rings is 3. The fourth-order valence-electron chi connectivity index (χ4n) is 8.01. The molecule has 4 atom stereocenters. The lowest BCUT2D eigenvalue weighted by Gasteiger charge is -2.36. The minimum atomic E-state index is -0.795. The molecule has 0 aromatic heterocycles. The zero-order chi connectivity index (χ0) is 39.6. The number of unbranched alkanes of at least 4 members (excludes halogenated alkanes) is 9. The van der Waals surface area contributed by atoms with Crippen molar-refractivity contribution >= 4 is 41.2 Å². The number of fused-ring (bicyclic) bond motifs is 4. The molecule has 2 heterocycles. The van der Waals surface area contributed by atoms with E-state index in [1.165, 1.54) is 64.8 Å². The highest BCUT2D eigenvalue weighted by atomic mass is 16.5. The predicted molar refractivity (Wildman–Crippen MR) is 215 cm³/mol. The second-order valence-electron chi connectivity index (χ2n) is 15.2. The number of ketones is 1. The Morgan fingerprint density at radius 3 is 1.64 bits per heavy atom. The van der Waals surface area contributed by atoms with Gasteiger partial charge in [-0.15, -0.1) is 0 Å². The van der Waals surface area contributed by atoms with E-state index in [4.69, 9.17) is 14.2 Å². The summed E-state index contributed by atoms with van der Waals surface area (Å²) in [6.45, 7) is 5.53. The summed E-state index contributed by atoms with van der Waals surface area (Å²) in [4.78, 5) is 66.6. The molecule has 2 saturated heterocycles. The highest BCUT2D eigenvalue weighted by Crippen LogP contribution is 2.56. The van der Waals surface area contributed by atoms with Crippen molar-refractivity contribution in [3.63, 3.8) is 0 Å². The van der Waals surface area contributed by atoms with E-state index < -0.39 is 47.3 Å². The molecule has 6 rings (SSSR count). The molecular formula is C46H54N2O8. The largest absolute Gasteiger partial charge is 0.494 e.